The van der Waals surface area contributed by atoms with Crippen LogP contribution in [-0.4, -0.2) is 0 Å². The van der Waals surface area contributed by atoms with E-state index < -0.39 is 0 Å². The Balaban J connectivity index is 1.20. The van der Waals surface area contributed by atoms with Crippen molar-refractivity contribution in [3.05, 3.63) is 242 Å². The molecule has 0 saturated carbocycles. The van der Waals surface area contributed by atoms with Gasteiger partial charge < -0.3 is 9.80 Å². The van der Waals surface area contributed by atoms with Crippen molar-refractivity contribution in [1.82, 2.24) is 0 Å². The Labute approximate surface area is 358 Å². The number of nitrogens with zero attached hydrogens (tertiary/aromatic N) is 2. The third kappa shape index (κ3) is 6.19. The zero-order valence-electron chi connectivity index (χ0n) is 34.3. The van der Waals surface area contributed by atoms with Crippen molar-refractivity contribution in [2.45, 2.75) is 19.3 Å². The molecule has 10 aromatic carbocycles. The van der Waals surface area contributed by atoms with E-state index in [1.54, 1.807) is 0 Å². The van der Waals surface area contributed by atoms with Crippen LogP contribution in [0.15, 0.2) is 231 Å². The number of para-hydroxylation sites is 2. The maximum atomic E-state index is 2.56. The minimum atomic E-state index is -0.378. The number of anilines is 6. The van der Waals surface area contributed by atoms with Gasteiger partial charge in [-0.15, -0.1) is 0 Å². The van der Waals surface area contributed by atoms with E-state index in [4.69, 9.17) is 0 Å². The van der Waals surface area contributed by atoms with Gasteiger partial charge in [-0.25, -0.2) is 0 Å². The van der Waals surface area contributed by atoms with Crippen LogP contribution in [0.2, 0.25) is 0 Å². The molecule has 0 aliphatic carbocycles. The molecule has 0 amide bonds. The topological polar surface area (TPSA) is 6.48 Å². The molecule has 0 saturated heterocycles. The molecule has 0 bridgehead atoms. The average Bonchev–Trinajstić information content (AvgIpc) is 3.32. The van der Waals surface area contributed by atoms with Crippen LogP contribution in [0.3, 0.4) is 0 Å². The first kappa shape index (κ1) is 36.4. The van der Waals surface area contributed by atoms with Crippen molar-refractivity contribution in [3.8, 4) is 33.4 Å². The molecule has 1 heterocycles. The van der Waals surface area contributed by atoms with E-state index in [1.807, 2.05) is 0 Å². The highest BCUT2D eigenvalue weighted by atomic mass is 15.2. The monoisotopic (exact) mass is 780 g/mol. The summed E-state index contributed by atoms with van der Waals surface area (Å²) in [5, 5.41) is 4.88. The SMILES string of the molecule is CC1(C)c2ccccc2N(c2c(-c3ccc4ccccc4c3)ccc3ccccc23)c2cccc(N(c3ccc(-c4ccccc4)cc3)c3ccccc3-c3ccccc3)c21. The van der Waals surface area contributed by atoms with Crippen LogP contribution in [-0.2, 0) is 5.41 Å². The van der Waals surface area contributed by atoms with Crippen molar-refractivity contribution >= 4 is 55.7 Å². The Hall–Kier alpha value is -7.68. The molecule has 0 fully saturated rings. The van der Waals surface area contributed by atoms with Gasteiger partial charge in [0, 0.05) is 33.2 Å². The zero-order chi connectivity index (χ0) is 40.9. The predicted octanol–water partition coefficient (Wildman–Crippen LogP) is 16.6. The smallest absolute Gasteiger partial charge is 0.0618 e. The van der Waals surface area contributed by atoms with Gasteiger partial charge in [0.2, 0.25) is 0 Å². The van der Waals surface area contributed by atoms with Gasteiger partial charge in [-0.3, -0.25) is 0 Å². The van der Waals surface area contributed by atoms with E-state index in [9.17, 15) is 0 Å². The number of hydrogen-bond acceptors (Lipinski definition) is 2. The summed E-state index contributed by atoms with van der Waals surface area (Å²) in [6.45, 7) is 4.80. The summed E-state index contributed by atoms with van der Waals surface area (Å²) in [6.07, 6.45) is 0. The van der Waals surface area contributed by atoms with Gasteiger partial charge in [0.1, 0.15) is 0 Å². The molecule has 0 radical (unpaired) electrons. The molecule has 11 rings (SSSR count). The molecule has 10 aromatic rings. The molecular formula is C59H44N2. The number of benzene rings is 10. The summed E-state index contributed by atoms with van der Waals surface area (Å²) in [6, 6.07) is 84.3. The molecule has 0 atom stereocenters. The van der Waals surface area contributed by atoms with Crippen molar-refractivity contribution < 1.29 is 0 Å². The lowest BCUT2D eigenvalue weighted by Crippen LogP contribution is -2.32. The molecule has 1 aliphatic rings. The van der Waals surface area contributed by atoms with E-state index in [-0.39, 0.29) is 5.41 Å². The Bertz CT molecular complexity index is 3220. The highest BCUT2D eigenvalue weighted by Crippen LogP contribution is 2.58. The number of fused-ring (bicyclic) bond motifs is 4. The molecule has 0 unspecified atom stereocenters. The first-order chi connectivity index (χ1) is 30.0. The standard InChI is InChI=1S/C59H44N2/c1-59(2)52-27-14-16-29-54(52)61(58-50-26-12-11-23-45(50)36-39-51(58)47-33-32-42-20-9-10-24-46(42)40-47)56-31-17-30-55(57(56)59)60(48-37-34-43(35-38-48)41-18-5-3-6-19-41)53-28-15-13-25-49(53)44-21-7-4-8-22-44/h3-40H,1-2H3. The molecule has 0 N–H and O–H groups in total. The van der Waals surface area contributed by atoms with Crippen LogP contribution in [0.1, 0.15) is 25.0 Å². The summed E-state index contributed by atoms with van der Waals surface area (Å²) < 4.78 is 0. The van der Waals surface area contributed by atoms with Crippen molar-refractivity contribution in [2.24, 2.45) is 0 Å². The second-order valence-corrected chi connectivity index (χ2v) is 16.5. The van der Waals surface area contributed by atoms with Crippen molar-refractivity contribution in [3.63, 3.8) is 0 Å². The summed E-state index contributed by atoms with van der Waals surface area (Å²) >= 11 is 0. The van der Waals surface area contributed by atoms with E-state index in [1.165, 1.54) is 83.1 Å². The Morgan fingerprint density at radius 1 is 0.377 bits per heavy atom. The molecule has 0 aromatic heterocycles. The third-order valence-corrected chi connectivity index (χ3v) is 12.6. The summed E-state index contributed by atoms with van der Waals surface area (Å²) in [7, 11) is 0. The Morgan fingerprint density at radius 3 is 1.75 bits per heavy atom. The third-order valence-electron chi connectivity index (χ3n) is 12.6. The van der Waals surface area contributed by atoms with Crippen LogP contribution in [0, 0.1) is 0 Å². The molecule has 61 heavy (non-hydrogen) atoms. The maximum absolute atomic E-state index is 2.56. The Morgan fingerprint density at radius 2 is 0.951 bits per heavy atom. The second kappa shape index (κ2) is 14.9. The Kier molecular flexibility index (Phi) is 8.86. The predicted molar refractivity (Wildman–Crippen MR) is 259 cm³/mol. The van der Waals surface area contributed by atoms with Gasteiger partial charge in [-0.1, -0.05) is 202 Å². The quantitative estimate of drug-likeness (QED) is 0.159. The maximum Gasteiger partial charge on any atom is 0.0618 e. The molecule has 2 heteroatoms. The second-order valence-electron chi connectivity index (χ2n) is 16.5. The number of rotatable bonds is 7. The van der Waals surface area contributed by atoms with Crippen LogP contribution in [0.4, 0.5) is 34.1 Å². The van der Waals surface area contributed by atoms with Crippen LogP contribution >= 0.6 is 0 Å². The van der Waals surface area contributed by atoms with E-state index in [0.717, 1.165) is 17.1 Å². The largest absolute Gasteiger partial charge is 0.309 e. The highest BCUT2D eigenvalue weighted by Gasteiger charge is 2.41. The first-order valence-corrected chi connectivity index (χ1v) is 21.2. The fourth-order valence-electron chi connectivity index (χ4n) is 9.70. The van der Waals surface area contributed by atoms with Gasteiger partial charge >= 0.3 is 0 Å². The average molecular weight is 781 g/mol. The lowest BCUT2D eigenvalue weighted by Gasteiger charge is -2.45. The van der Waals surface area contributed by atoms with Gasteiger partial charge in [0.25, 0.3) is 0 Å². The van der Waals surface area contributed by atoms with Crippen LogP contribution in [0.25, 0.3) is 54.9 Å². The summed E-state index contributed by atoms with van der Waals surface area (Å²) in [4.78, 5) is 5.06. The van der Waals surface area contributed by atoms with Crippen molar-refractivity contribution in [2.75, 3.05) is 9.80 Å². The number of hydrogen-bond donors (Lipinski definition) is 0. The molecule has 290 valence electrons. The van der Waals surface area contributed by atoms with Gasteiger partial charge in [-0.05, 0) is 86.4 Å². The minimum absolute atomic E-state index is 0.378. The fourth-order valence-corrected chi connectivity index (χ4v) is 9.70. The molecule has 0 spiro atoms. The van der Waals surface area contributed by atoms with Crippen LogP contribution in [0.5, 0.6) is 0 Å². The molecule has 2 nitrogen and oxygen atoms in total. The van der Waals surface area contributed by atoms with E-state index in [0.29, 0.717) is 0 Å². The minimum Gasteiger partial charge on any atom is -0.309 e. The fraction of sp³-hybridized carbons (Fsp3) is 0.0508. The lowest BCUT2D eigenvalue weighted by molar-refractivity contribution is 0.632. The highest BCUT2D eigenvalue weighted by molar-refractivity contribution is 6.09. The lowest BCUT2D eigenvalue weighted by atomic mass is 9.72. The van der Waals surface area contributed by atoms with Crippen molar-refractivity contribution in [1.29, 1.82) is 0 Å². The van der Waals surface area contributed by atoms with E-state index in [2.05, 4.69) is 254 Å². The zero-order valence-corrected chi connectivity index (χ0v) is 34.3. The van der Waals surface area contributed by atoms with Gasteiger partial charge in [0.15, 0.2) is 0 Å². The van der Waals surface area contributed by atoms with Gasteiger partial charge in [0.05, 0.1) is 28.4 Å². The normalized spacial score (nSPS) is 12.9. The summed E-state index contributed by atoms with van der Waals surface area (Å²) in [5.41, 5.74) is 16.2. The summed E-state index contributed by atoms with van der Waals surface area (Å²) in [5.74, 6) is 0. The first-order valence-electron chi connectivity index (χ1n) is 21.2. The van der Waals surface area contributed by atoms with Crippen LogP contribution < -0.4 is 9.80 Å². The molecule has 1 aliphatic heterocycles. The van der Waals surface area contributed by atoms with E-state index >= 15 is 0 Å². The molecular weight excluding hydrogens is 737 g/mol. The van der Waals surface area contributed by atoms with Gasteiger partial charge in [-0.2, -0.15) is 0 Å².